The zero-order chi connectivity index (χ0) is 17.8. The molecule has 1 N–H and O–H groups in total. The van der Waals surface area contributed by atoms with Crippen LogP contribution in [0.3, 0.4) is 0 Å². The maximum Gasteiger partial charge on any atom is 0.244 e. The molecule has 5 heteroatoms. The Bertz CT molecular complexity index is 878. The van der Waals surface area contributed by atoms with E-state index in [4.69, 9.17) is 0 Å². The molecule has 3 aromatic rings. The van der Waals surface area contributed by atoms with E-state index in [1.54, 1.807) is 17.4 Å². The number of carbonyl (C=O) groups excluding carboxylic acids is 1. The largest absolute Gasteiger partial charge is 0.351 e. The van der Waals surface area contributed by atoms with Gasteiger partial charge < -0.3 is 14.8 Å². The second-order valence-corrected chi connectivity index (χ2v) is 7.27. The number of aromatic nitrogens is 1. The molecule has 0 aliphatic carbocycles. The van der Waals surface area contributed by atoms with Crippen LogP contribution in [0.4, 0.5) is 0 Å². The predicted octanol–water partition coefficient (Wildman–Crippen LogP) is 3.67. The van der Waals surface area contributed by atoms with E-state index < -0.39 is 0 Å². The molecule has 4 nitrogen and oxygen atoms in total. The molecule has 0 radical (unpaired) electrons. The number of hydrogen-bond acceptors (Lipinski definition) is 3. The summed E-state index contributed by atoms with van der Waals surface area (Å²) in [6, 6.07) is 12.4. The molecule has 0 saturated carbocycles. The third-order valence-corrected chi connectivity index (χ3v) is 5.16. The number of benzene rings is 1. The Morgan fingerprint density at radius 2 is 2.08 bits per heavy atom. The van der Waals surface area contributed by atoms with Gasteiger partial charge in [-0.3, -0.25) is 4.79 Å². The molecule has 0 aliphatic heterocycles. The van der Waals surface area contributed by atoms with Crippen molar-refractivity contribution in [3.8, 4) is 0 Å². The van der Waals surface area contributed by atoms with Crippen molar-refractivity contribution in [1.29, 1.82) is 0 Å². The van der Waals surface area contributed by atoms with E-state index in [9.17, 15) is 4.79 Å². The number of carbonyl (C=O) groups is 1. The van der Waals surface area contributed by atoms with Gasteiger partial charge in [-0.15, -0.1) is 11.3 Å². The standard InChI is InChI=1S/C20H23N3OS/c1-22(2)19(13-21-20(24)11-10-15-7-6-12-25-15)17-14-23(3)18-9-5-4-8-16(17)18/h4-12,14,19H,13H2,1-3H3,(H,21,24). The van der Waals surface area contributed by atoms with Crippen molar-refractivity contribution in [3.05, 3.63) is 64.5 Å². The van der Waals surface area contributed by atoms with Crippen molar-refractivity contribution in [2.75, 3.05) is 20.6 Å². The van der Waals surface area contributed by atoms with Gasteiger partial charge >= 0.3 is 0 Å². The summed E-state index contributed by atoms with van der Waals surface area (Å²) in [7, 11) is 6.14. The summed E-state index contributed by atoms with van der Waals surface area (Å²) in [5, 5.41) is 6.26. The molecular weight excluding hydrogens is 330 g/mol. The van der Waals surface area contributed by atoms with Crippen molar-refractivity contribution in [3.63, 3.8) is 0 Å². The maximum atomic E-state index is 12.1. The van der Waals surface area contributed by atoms with Crippen LogP contribution in [0.1, 0.15) is 16.5 Å². The highest BCUT2D eigenvalue weighted by Crippen LogP contribution is 2.28. The molecule has 1 aromatic carbocycles. The van der Waals surface area contributed by atoms with Gasteiger partial charge in [-0.1, -0.05) is 24.3 Å². The molecule has 1 amide bonds. The highest BCUT2D eigenvalue weighted by molar-refractivity contribution is 7.10. The van der Waals surface area contributed by atoms with E-state index in [0.29, 0.717) is 6.54 Å². The van der Waals surface area contributed by atoms with E-state index in [0.717, 1.165) is 4.88 Å². The second kappa shape index (κ2) is 7.68. The molecule has 3 rings (SSSR count). The van der Waals surface area contributed by atoms with E-state index in [2.05, 4.69) is 46.2 Å². The van der Waals surface area contributed by atoms with E-state index in [1.807, 2.05) is 43.8 Å². The minimum absolute atomic E-state index is 0.0690. The fraction of sp³-hybridized carbons (Fsp3) is 0.250. The monoisotopic (exact) mass is 353 g/mol. The van der Waals surface area contributed by atoms with Gasteiger partial charge in [-0.25, -0.2) is 0 Å². The van der Waals surface area contributed by atoms with Gasteiger partial charge in [-0.05, 0) is 43.2 Å². The fourth-order valence-electron chi connectivity index (χ4n) is 3.01. The Morgan fingerprint density at radius 3 is 2.80 bits per heavy atom. The van der Waals surface area contributed by atoms with Crippen molar-refractivity contribution < 1.29 is 4.79 Å². The van der Waals surface area contributed by atoms with E-state index >= 15 is 0 Å². The number of aryl methyl sites for hydroxylation is 1. The van der Waals surface area contributed by atoms with Crippen LogP contribution in [0.2, 0.25) is 0 Å². The highest BCUT2D eigenvalue weighted by Gasteiger charge is 2.19. The lowest BCUT2D eigenvalue weighted by Crippen LogP contribution is -2.33. The normalized spacial score (nSPS) is 13.0. The van der Waals surface area contributed by atoms with Crippen molar-refractivity contribution in [2.24, 2.45) is 7.05 Å². The second-order valence-electron chi connectivity index (χ2n) is 6.29. The summed E-state index contributed by atoms with van der Waals surface area (Å²) in [4.78, 5) is 15.4. The van der Waals surface area contributed by atoms with Crippen molar-refractivity contribution >= 4 is 34.2 Å². The zero-order valence-corrected chi connectivity index (χ0v) is 15.6. The number of nitrogens with one attached hydrogen (secondary N) is 1. The maximum absolute atomic E-state index is 12.1. The number of nitrogens with zero attached hydrogens (tertiary/aromatic N) is 2. The van der Waals surface area contributed by atoms with Gasteiger partial charge in [0.25, 0.3) is 0 Å². The summed E-state index contributed by atoms with van der Waals surface area (Å²) in [5.74, 6) is -0.0690. The first-order valence-electron chi connectivity index (χ1n) is 8.26. The van der Waals surface area contributed by atoms with Crippen LogP contribution in [0.5, 0.6) is 0 Å². The lowest BCUT2D eigenvalue weighted by Gasteiger charge is -2.24. The van der Waals surface area contributed by atoms with E-state index in [-0.39, 0.29) is 11.9 Å². The Hall–Kier alpha value is -2.37. The molecule has 2 heterocycles. The number of likely N-dealkylation sites (N-methyl/N-ethyl adjacent to an activating group) is 1. The average molecular weight is 353 g/mol. The molecule has 130 valence electrons. The highest BCUT2D eigenvalue weighted by atomic mass is 32.1. The fourth-order valence-corrected chi connectivity index (χ4v) is 3.63. The summed E-state index contributed by atoms with van der Waals surface area (Å²) in [5.41, 5.74) is 2.43. The first kappa shape index (κ1) is 17.5. The van der Waals surface area contributed by atoms with Gasteiger partial charge in [0.15, 0.2) is 0 Å². The molecule has 0 aliphatic rings. The molecule has 0 bridgehead atoms. The van der Waals surface area contributed by atoms with Gasteiger partial charge in [-0.2, -0.15) is 0 Å². The summed E-state index contributed by atoms with van der Waals surface area (Å²) >= 11 is 1.62. The third kappa shape index (κ3) is 4.00. The number of amides is 1. The SMILES string of the molecule is CN(C)C(CNC(=O)C=Cc1cccs1)c1cn(C)c2ccccc12. The summed E-state index contributed by atoms with van der Waals surface area (Å²) in [6.45, 7) is 0.564. The molecule has 1 unspecified atom stereocenters. The van der Waals surface area contributed by atoms with Crippen LogP contribution >= 0.6 is 11.3 Å². The van der Waals surface area contributed by atoms with Gasteiger partial charge in [0.05, 0.1) is 6.04 Å². The molecule has 0 fully saturated rings. The smallest absolute Gasteiger partial charge is 0.244 e. The minimum atomic E-state index is -0.0690. The first-order valence-corrected chi connectivity index (χ1v) is 9.14. The van der Waals surface area contributed by atoms with Gasteiger partial charge in [0.1, 0.15) is 0 Å². The predicted molar refractivity (Wildman–Crippen MR) is 106 cm³/mol. The Balaban J connectivity index is 1.74. The van der Waals surface area contributed by atoms with Crippen LogP contribution in [0.15, 0.2) is 54.1 Å². The number of thiophene rings is 1. The van der Waals surface area contributed by atoms with Crippen LogP contribution < -0.4 is 5.32 Å². The minimum Gasteiger partial charge on any atom is -0.351 e. The molecule has 0 spiro atoms. The Labute approximate surface area is 152 Å². The third-order valence-electron chi connectivity index (χ3n) is 4.32. The van der Waals surface area contributed by atoms with Crippen LogP contribution in [-0.4, -0.2) is 36.0 Å². The zero-order valence-electron chi connectivity index (χ0n) is 14.8. The van der Waals surface area contributed by atoms with Crippen LogP contribution in [0, 0.1) is 0 Å². The van der Waals surface area contributed by atoms with Crippen LogP contribution in [0.25, 0.3) is 17.0 Å². The number of para-hydroxylation sites is 1. The quantitative estimate of drug-likeness (QED) is 0.687. The van der Waals surface area contributed by atoms with E-state index in [1.165, 1.54) is 16.5 Å². The first-order chi connectivity index (χ1) is 12.1. The number of rotatable bonds is 6. The number of fused-ring (bicyclic) bond motifs is 1. The lowest BCUT2D eigenvalue weighted by atomic mass is 10.0. The molecule has 2 aromatic heterocycles. The summed E-state index contributed by atoms with van der Waals surface area (Å²) < 4.78 is 2.14. The summed E-state index contributed by atoms with van der Waals surface area (Å²) in [6.07, 6.45) is 5.60. The van der Waals surface area contributed by atoms with Crippen LogP contribution in [-0.2, 0) is 11.8 Å². The Morgan fingerprint density at radius 1 is 1.28 bits per heavy atom. The average Bonchev–Trinajstić information content (AvgIpc) is 3.22. The van der Waals surface area contributed by atoms with Crippen molar-refractivity contribution in [2.45, 2.75) is 6.04 Å². The van der Waals surface area contributed by atoms with Gasteiger partial charge in [0, 0.05) is 41.6 Å². The molecule has 1 atom stereocenters. The van der Waals surface area contributed by atoms with Gasteiger partial charge in [0.2, 0.25) is 5.91 Å². The molecule has 25 heavy (non-hydrogen) atoms. The molecular formula is C20H23N3OS. The lowest BCUT2D eigenvalue weighted by molar-refractivity contribution is -0.116. The molecule has 0 saturated heterocycles. The number of hydrogen-bond donors (Lipinski definition) is 1. The van der Waals surface area contributed by atoms with Crippen molar-refractivity contribution in [1.82, 2.24) is 14.8 Å². The topological polar surface area (TPSA) is 37.3 Å². The Kier molecular flexibility index (Phi) is 5.36.